The zero-order valence-corrected chi connectivity index (χ0v) is 7.59. The number of halogens is 2. The highest BCUT2D eigenvalue weighted by Gasteiger charge is 2.16. The summed E-state index contributed by atoms with van der Waals surface area (Å²) < 4.78 is 5.15. The lowest BCUT2D eigenvalue weighted by atomic mass is 10.9. The molecule has 8 heavy (non-hydrogen) atoms. The van der Waals surface area contributed by atoms with Crippen LogP contribution in [0.5, 0.6) is 0 Å². The van der Waals surface area contributed by atoms with E-state index >= 15 is 0 Å². The molecule has 0 aliphatic heterocycles. The second kappa shape index (κ2) is 3.72. The first kappa shape index (κ1) is 8.76. The van der Waals surface area contributed by atoms with Crippen LogP contribution in [-0.2, 0) is 4.43 Å². The fourth-order valence-electron chi connectivity index (χ4n) is 0.281. The maximum absolute atomic E-state index is 5.77. The van der Waals surface area contributed by atoms with E-state index in [1.165, 1.54) is 0 Å². The van der Waals surface area contributed by atoms with E-state index in [0.29, 0.717) is 12.5 Å². The van der Waals surface area contributed by atoms with Crippen molar-refractivity contribution >= 4 is 30.3 Å². The van der Waals surface area contributed by atoms with E-state index < -0.39 is 7.63 Å². The fourth-order valence-corrected chi connectivity index (χ4v) is 1.31. The van der Waals surface area contributed by atoms with Crippen molar-refractivity contribution in [3.05, 3.63) is 0 Å². The lowest BCUT2D eigenvalue weighted by Crippen LogP contribution is -2.23. The highest BCUT2D eigenvalue weighted by Crippen LogP contribution is 2.08. The second-order valence-corrected chi connectivity index (χ2v) is 8.02. The van der Waals surface area contributed by atoms with Gasteiger partial charge in [0.25, 0.3) is 7.63 Å². The van der Waals surface area contributed by atoms with Gasteiger partial charge in [-0.1, -0.05) is 0 Å². The molecule has 0 saturated carbocycles. The van der Waals surface area contributed by atoms with Crippen LogP contribution in [0.3, 0.4) is 0 Å². The molecule has 0 spiro atoms. The Kier molecular flexibility index (Phi) is 4.07. The molecular weight excluding hydrogens is 163 g/mol. The van der Waals surface area contributed by atoms with Crippen LogP contribution in [0, 0.1) is 0 Å². The SMILES string of the molecule is C[Si](C)(Cl)OCCCl. The van der Waals surface area contributed by atoms with Gasteiger partial charge in [0.2, 0.25) is 0 Å². The Morgan fingerprint density at radius 3 is 2.12 bits per heavy atom. The number of alkyl halides is 1. The molecule has 0 N–H and O–H groups in total. The minimum absolute atomic E-state index is 0.531. The predicted octanol–water partition coefficient (Wildman–Crippen LogP) is 2.18. The van der Waals surface area contributed by atoms with E-state index in [4.69, 9.17) is 27.1 Å². The summed E-state index contributed by atoms with van der Waals surface area (Å²) in [5, 5.41) is 0. The zero-order valence-electron chi connectivity index (χ0n) is 5.08. The van der Waals surface area contributed by atoms with Crippen LogP contribution >= 0.6 is 22.7 Å². The van der Waals surface area contributed by atoms with Gasteiger partial charge in [-0.15, -0.1) is 22.7 Å². The molecule has 50 valence electrons. The van der Waals surface area contributed by atoms with Crippen molar-refractivity contribution in [3.8, 4) is 0 Å². The summed E-state index contributed by atoms with van der Waals surface area (Å²) in [5.74, 6) is 0.531. The van der Waals surface area contributed by atoms with E-state index in [-0.39, 0.29) is 0 Å². The van der Waals surface area contributed by atoms with E-state index in [1.807, 2.05) is 13.1 Å². The van der Waals surface area contributed by atoms with Crippen molar-refractivity contribution in [3.63, 3.8) is 0 Å². The molecule has 0 heterocycles. The van der Waals surface area contributed by atoms with Gasteiger partial charge in [0, 0.05) is 12.5 Å². The van der Waals surface area contributed by atoms with Gasteiger partial charge in [-0.05, 0) is 13.1 Å². The summed E-state index contributed by atoms with van der Waals surface area (Å²) in [6.45, 7) is 4.41. The van der Waals surface area contributed by atoms with Crippen LogP contribution in [0.2, 0.25) is 13.1 Å². The lowest BCUT2D eigenvalue weighted by Gasteiger charge is -2.11. The summed E-state index contributed by atoms with van der Waals surface area (Å²) in [4.78, 5) is 0. The molecule has 0 unspecified atom stereocenters. The normalized spacial score (nSPS) is 12.0. The van der Waals surface area contributed by atoms with Crippen LogP contribution in [0.25, 0.3) is 0 Å². The molecular formula is C4H10Cl2OSi. The molecule has 1 nitrogen and oxygen atoms in total. The molecule has 0 aromatic rings. The lowest BCUT2D eigenvalue weighted by molar-refractivity contribution is 0.346. The summed E-state index contributed by atoms with van der Waals surface area (Å²) >= 11 is 11.1. The van der Waals surface area contributed by atoms with Crippen LogP contribution in [0.15, 0.2) is 0 Å². The molecule has 0 aromatic heterocycles. The molecule has 0 aliphatic rings. The van der Waals surface area contributed by atoms with Gasteiger partial charge in [-0.3, -0.25) is 0 Å². The highest BCUT2D eigenvalue weighted by atomic mass is 35.6. The van der Waals surface area contributed by atoms with Crippen molar-refractivity contribution in [2.24, 2.45) is 0 Å². The van der Waals surface area contributed by atoms with E-state index in [2.05, 4.69) is 0 Å². The van der Waals surface area contributed by atoms with Crippen LogP contribution in [-0.4, -0.2) is 20.1 Å². The Morgan fingerprint density at radius 2 is 2.00 bits per heavy atom. The van der Waals surface area contributed by atoms with Crippen molar-refractivity contribution < 1.29 is 4.43 Å². The summed E-state index contributed by atoms with van der Waals surface area (Å²) in [5.41, 5.74) is 0. The van der Waals surface area contributed by atoms with Gasteiger partial charge in [0.15, 0.2) is 0 Å². The Labute approximate surface area is 60.8 Å². The fraction of sp³-hybridized carbons (Fsp3) is 1.00. The molecule has 0 bridgehead atoms. The monoisotopic (exact) mass is 172 g/mol. The highest BCUT2D eigenvalue weighted by molar-refractivity contribution is 7.15. The molecule has 4 heteroatoms. The average Bonchev–Trinajstić information content (AvgIpc) is 1.59. The molecule has 0 amide bonds. The summed E-state index contributed by atoms with van der Waals surface area (Å²) in [6, 6.07) is 0. The quantitative estimate of drug-likeness (QED) is 0.361. The second-order valence-electron chi connectivity index (χ2n) is 1.90. The molecule has 0 aromatic carbocycles. The Morgan fingerprint density at radius 1 is 1.50 bits per heavy atom. The first-order valence-electron chi connectivity index (χ1n) is 2.45. The first-order chi connectivity index (χ1) is 3.56. The third-order valence-electron chi connectivity index (χ3n) is 0.522. The summed E-state index contributed by atoms with van der Waals surface area (Å²) in [7, 11) is -1.79. The van der Waals surface area contributed by atoms with E-state index in [1.54, 1.807) is 0 Å². The number of hydrogen-bond acceptors (Lipinski definition) is 1. The topological polar surface area (TPSA) is 9.23 Å². The molecule has 0 aliphatic carbocycles. The van der Waals surface area contributed by atoms with Crippen molar-refractivity contribution in [1.29, 1.82) is 0 Å². The van der Waals surface area contributed by atoms with Gasteiger partial charge >= 0.3 is 0 Å². The Hall–Kier alpha value is 0.757. The predicted molar refractivity (Wildman–Crippen MR) is 40.0 cm³/mol. The molecule has 0 atom stereocenters. The van der Waals surface area contributed by atoms with Crippen LogP contribution in [0.4, 0.5) is 0 Å². The van der Waals surface area contributed by atoms with E-state index in [0.717, 1.165) is 0 Å². The number of rotatable bonds is 3. The van der Waals surface area contributed by atoms with Gasteiger partial charge in [0.05, 0.1) is 0 Å². The maximum atomic E-state index is 5.77. The molecule has 0 fully saturated rings. The number of hydrogen-bond donors (Lipinski definition) is 0. The minimum atomic E-state index is -1.79. The zero-order chi connectivity index (χ0) is 6.62. The van der Waals surface area contributed by atoms with Gasteiger partial charge in [-0.2, -0.15) is 0 Å². The molecule has 0 rings (SSSR count). The minimum Gasteiger partial charge on any atom is -0.402 e. The summed E-state index contributed by atoms with van der Waals surface area (Å²) in [6.07, 6.45) is 0. The van der Waals surface area contributed by atoms with Crippen molar-refractivity contribution in [2.75, 3.05) is 12.5 Å². The first-order valence-corrected chi connectivity index (χ1v) is 6.90. The van der Waals surface area contributed by atoms with Gasteiger partial charge < -0.3 is 4.43 Å². The Bertz CT molecular complexity index is 61.5. The third kappa shape index (κ3) is 6.76. The average molecular weight is 173 g/mol. The smallest absolute Gasteiger partial charge is 0.283 e. The maximum Gasteiger partial charge on any atom is 0.283 e. The van der Waals surface area contributed by atoms with Gasteiger partial charge in [0.1, 0.15) is 0 Å². The standard InChI is InChI=1S/C4H10Cl2OSi/c1-8(2,6)7-4-3-5/h3-4H2,1-2H3. The third-order valence-corrected chi connectivity index (χ3v) is 1.89. The largest absolute Gasteiger partial charge is 0.402 e. The Balaban J connectivity index is 3.11. The molecule has 0 radical (unpaired) electrons. The van der Waals surface area contributed by atoms with Gasteiger partial charge in [-0.25, -0.2) is 0 Å². The van der Waals surface area contributed by atoms with Crippen molar-refractivity contribution in [2.45, 2.75) is 13.1 Å². The van der Waals surface area contributed by atoms with E-state index in [9.17, 15) is 0 Å². The van der Waals surface area contributed by atoms with Crippen LogP contribution in [0.1, 0.15) is 0 Å². The van der Waals surface area contributed by atoms with Crippen LogP contribution < -0.4 is 0 Å². The van der Waals surface area contributed by atoms with Crippen molar-refractivity contribution in [1.82, 2.24) is 0 Å². The molecule has 0 saturated heterocycles.